The molecule has 21 heavy (non-hydrogen) atoms. The monoisotopic (exact) mass is 284 g/mol. The lowest BCUT2D eigenvalue weighted by atomic mass is 10.1. The lowest BCUT2D eigenvalue weighted by Crippen LogP contribution is -2.06. The fraction of sp³-hybridized carbons (Fsp3) is 0.333. The molecule has 1 heterocycles. The molecule has 0 amide bonds. The van der Waals surface area contributed by atoms with Crippen molar-refractivity contribution in [1.29, 1.82) is 5.26 Å². The summed E-state index contributed by atoms with van der Waals surface area (Å²) in [6, 6.07) is 9.23. The molecule has 0 radical (unpaired) electrons. The summed E-state index contributed by atoms with van der Waals surface area (Å²) in [6.45, 7) is 4.22. The van der Waals surface area contributed by atoms with Gasteiger partial charge in [-0.1, -0.05) is 26.0 Å². The highest BCUT2D eigenvalue weighted by molar-refractivity contribution is 5.42. The van der Waals surface area contributed by atoms with Gasteiger partial charge in [0.05, 0.1) is 23.1 Å². The first-order valence-corrected chi connectivity index (χ1v) is 6.82. The van der Waals surface area contributed by atoms with Crippen LogP contribution in [0.5, 0.6) is 0 Å². The van der Waals surface area contributed by atoms with Crippen molar-refractivity contribution in [3.8, 4) is 6.07 Å². The normalized spacial score (nSPS) is 10.3. The molecule has 0 aliphatic carbocycles. The Labute approximate surface area is 122 Å². The van der Waals surface area contributed by atoms with Gasteiger partial charge in [0.2, 0.25) is 0 Å². The number of nitro groups is 1. The summed E-state index contributed by atoms with van der Waals surface area (Å²) in [5.74, 6) is 0. The molecule has 0 fully saturated rings. The highest BCUT2D eigenvalue weighted by Gasteiger charge is 2.25. The van der Waals surface area contributed by atoms with E-state index >= 15 is 0 Å². The Kier molecular flexibility index (Phi) is 4.33. The van der Waals surface area contributed by atoms with Crippen LogP contribution in [-0.4, -0.2) is 14.7 Å². The number of nitrogens with zero attached hydrogens (tertiary/aromatic N) is 4. The smallest absolute Gasteiger partial charge is 0.258 e. The first-order chi connectivity index (χ1) is 10.1. The third-order valence-corrected chi connectivity index (χ3v) is 3.37. The lowest BCUT2D eigenvalue weighted by molar-refractivity contribution is -0.386. The highest BCUT2D eigenvalue weighted by Crippen LogP contribution is 2.25. The average molecular weight is 284 g/mol. The van der Waals surface area contributed by atoms with Gasteiger partial charge in [-0.25, -0.2) is 0 Å². The van der Waals surface area contributed by atoms with Crippen molar-refractivity contribution in [2.75, 3.05) is 0 Å². The number of benzene rings is 1. The van der Waals surface area contributed by atoms with Crippen LogP contribution in [0, 0.1) is 21.4 Å². The summed E-state index contributed by atoms with van der Waals surface area (Å²) >= 11 is 0. The van der Waals surface area contributed by atoms with E-state index in [4.69, 9.17) is 5.26 Å². The Bertz CT molecular complexity index is 696. The Morgan fingerprint density at radius 1 is 1.29 bits per heavy atom. The maximum absolute atomic E-state index is 11.2. The van der Waals surface area contributed by atoms with Crippen molar-refractivity contribution < 1.29 is 4.92 Å². The maximum atomic E-state index is 11.2. The van der Waals surface area contributed by atoms with Crippen LogP contribution in [0.4, 0.5) is 5.69 Å². The zero-order valence-electron chi connectivity index (χ0n) is 12.0. The standard InChI is InChI=1S/C15H16N4O2/c1-3-13-15(19(20)21)14(4-2)18(17-13)10-12-7-5-11(9-16)6-8-12/h5-8H,3-4,10H2,1-2H3. The van der Waals surface area contributed by atoms with E-state index in [0.717, 1.165) is 5.56 Å². The van der Waals surface area contributed by atoms with Crippen molar-refractivity contribution >= 4 is 5.69 Å². The molecule has 0 bridgehead atoms. The van der Waals surface area contributed by atoms with Crippen LogP contribution in [0.15, 0.2) is 24.3 Å². The van der Waals surface area contributed by atoms with Crippen molar-refractivity contribution in [1.82, 2.24) is 9.78 Å². The van der Waals surface area contributed by atoms with Crippen LogP contribution in [0.2, 0.25) is 0 Å². The van der Waals surface area contributed by atoms with E-state index < -0.39 is 0 Å². The van der Waals surface area contributed by atoms with Crippen LogP contribution in [0.1, 0.15) is 36.4 Å². The van der Waals surface area contributed by atoms with Crippen LogP contribution >= 0.6 is 0 Å². The van der Waals surface area contributed by atoms with Gasteiger partial charge in [0.25, 0.3) is 0 Å². The second kappa shape index (κ2) is 6.18. The van der Waals surface area contributed by atoms with E-state index in [1.54, 1.807) is 16.8 Å². The highest BCUT2D eigenvalue weighted by atomic mass is 16.6. The van der Waals surface area contributed by atoms with Crippen LogP contribution in [-0.2, 0) is 19.4 Å². The summed E-state index contributed by atoms with van der Waals surface area (Å²) in [7, 11) is 0. The summed E-state index contributed by atoms with van der Waals surface area (Å²) < 4.78 is 1.69. The van der Waals surface area contributed by atoms with Gasteiger partial charge in [-0.2, -0.15) is 10.4 Å². The number of hydrogen-bond donors (Lipinski definition) is 0. The minimum Gasteiger partial charge on any atom is -0.258 e. The molecule has 108 valence electrons. The number of hydrogen-bond acceptors (Lipinski definition) is 4. The molecule has 0 unspecified atom stereocenters. The van der Waals surface area contributed by atoms with Crippen molar-refractivity contribution in [3.63, 3.8) is 0 Å². The van der Waals surface area contributed by atoms with E-state index in [-0.39, 0.29) is 10.6 Å². The van der Waals surface area contributed by atoms with Crippen molar-refractivity contribution in [2.24, 2.45) is 0 Å². The molecule has 0 N–H and O–H groups in total. The second-order valence-corrected chi connectivity index (χ2v) is 4.67. The van der Waals surface area contributed by atoms with Gasteiger partial charge >= 0.3 is 5.69 Å². The number of nitriles is 1. The van der Waals surface area contributed by atoms with Gasteiger partial charge in [-0.3, -0.25) is 14.8 Å². The van der Waals surface area contributed by atoms with Crippen molar-refractivity contribution in [3.05, 3.63) is 56.9 Å². The zero-order chi connectivity index (χ0) is 15.4. The molecule has 0 aliphatic heterocycles. The third kappa shape index (κ3) is 2.92. The molecule has 0 atom stereocenters. The van der Waals surface area contributed by atoms with Crippen LogP contribution < -0.4 is 0 Å². The van der Waals surface area contributed by atoms with Gasteiger partial charge in [0, 0.05) is 0 Å². The molecule has 0 saturated heterocycles. The largest absolute Gasteiger partial charge is 0.313 e. The van der Waals surface area contributed by atoms with Gasteiger partial charge in [0.15, 0.2) is 0 Å². The van der Waals surface area contributed by atoms with Crippen molar-refractivity contribution in [2.45, 2.75) is 33.2 Å². The van der Waals surface area contributed by atoms with E-state index in [1.165, 1.54) is 0 Å². The van der Waals surface area contributed by atoms with E-state index in [0.29, 0.717) is 36.3 Å². The molecule has 6 nitrogen and oxygen atoms in total. The predicted octanol–water partition coefficient (Wildman–Crippen LogP) is 2.84. The molecule has 0 spiro atoms. The zero-order valence-corrected chi connectivity index (χ0v) is 12.0. The first kappa shape index (κ1) is 14.7. The molecule has 1 aromatic heterocycles. The van der Waals surface area contributed by atoms with Gasteiger partial charge in [-0.05, 0) is 30.5 Å². The Morgan fingerprint density at radius 2 is 1.95 bits per heavy atom. The minimum atomic E-state index is -0.347. The van der Waals surface area contributed by atoms with Gasteiger partial charge < -0.3 is 0 Å². The van der Waals surface area contributed by atoms with E-state index in [2.05, 4.69) is 11.2 Å². The number of aryl methyl sites for hydroxylation is 1. The lowest BCUT2D eigenvalue weighted by Gasteiger charge is -2.05. The summed E-state index contributed by atoms with van der Waals surface area (Å²) in [6.07, 6.45) is 1.09. The predicted molar refractivity (Wildman–Crippen MR) is 77.9 cm³/mol. The molecule has 2 rings (SSSR count). The maximum Gasteiger partial charge on any atom is 0.313 e. The number of aromatic nitrogens is 2. The first-order valence-electron chi connectivity index (χ1n) is 6.82. The molecular formula is C15H16N4O2. The second-order valence-electron chi connectivity index (χ2n) is 4.67. The van der Waals surface area contributed by atoms with E-state index in [1.807, 2.05) is 26.0 Å². The molecule has 6 heteroatoms. The minimum absolute atomic E-state index is 0.133. The summed E-state index contributed by atoms with van der Waals surface area (Å²) in [5, 5.41) is 24.4. The fourth-order valence-electron chi connectivity index (χ4n) is 2.33. The molecule has 1 aromatic carbocycles. The Hall–Kier alpha value is -2.68. The molecule has 2 aromatic rings. The Balaban J connectivity index is 2.39. The summed E-state index contributed by atoms with van der Waals surface area (Å²) in [5.41, 5.74) is 2.85. The third-order valence-electron chi connectivity index (χ3n) is 3.37. The topological polar surface area (TPSA) is 84.8 Å². The van der Waals surface area contributed by atoms with Crippen LogP contribution in [0.25, 0.3) is 0 Å². The van der Waals surface area contributed by atoms with Crippen LogP contribution in [0.3, 0.4) is 0 Å². The molecule has 0 aliphatic rings. The van der Waals surface area contributed by atoms with Gasteiger partial charge in [-0.15, -0.1) is 0 Å². The summed E-state index contributed by atoms with van der Waals surface area (Å²) in [4.78, 5) is 10.9. The average Bonchev–Trinajstić information content (AvgIpc) is 2.85. The SMILES string of the molecule is CCc1nn(Cc2ccc(C#N)cc2)c(CC)c1[N+](=O)[O-]. The Morgan fingerprint density at radius 3 is 2.43 bits per heavy atom. The quantitative estimate of drug-likeness (QED) is 0.624. The molecule has 0 saturated carbocycles. The molecular weight excluding hydrogens is 268 g/mol. The van der Waals surface area contributed by atoms with Gasteiger partial charge in [0.1, 0.15) is 11.4 Å². The fourth-order valence-corrected chi connectivity index (χ4v) is 2.33. The number of rotatable bonds is 5. The van der Waals surface area contributed by atoms with E-state index in [9.17, 15) is 10.1 Å².